The van der Waals surface area contributed by atoms with E-state index in [1.54, 1.807) is 16.9 Å². The number of nitrogens with one attached hydrogen (secondary N) is 2. The number of rotatable bonds is 8. The Hall–Kier alpha value is -2.97. The van der Waals surface area contributed by atoms with E-state index in [1.807, 2.05) is 0 Å². The SMILES string of the molecule is CCCCCCn1nc(Nc2ccc(OC(F)(F)F)cc2)c2c(=O)[nH]ccc21. The number of nitrogens with zero attached hydrogens (tertiary/aromatic N) is 2. The Morgan fingerprint density at radius 2 is 1.89 bits per heavy atom. The van der Waals surface area contributed by atoms with Gasteiger partial charge in [-0.3, -0.25) is 9.48 Å². The number of anilines is 2. The molecule has 0 amide bonds. The summed E-state index contributed by atoms with van der Waals surface area (Å²) >= 11 is 0. The molecular formula is C19H21F3N4O2. The quantitative estimate of drug-likeness (QED) is 0.531. The fourth-order valence-electron chi connectivity index (χ4n) is 2.96. The summed E-state index contributed by atoms with van der Waals surface area (Å²) in [6, 6.07) is 7.05. The van der Waals surface area contributed by atoms with Crippen molar-refractivity contribution in [1.82, 2.24) is 14.8 Å². The number of ether oxygens (including phenoxy) is 1. The Labute approximate surface area is 159 Å². The van der Waals surface area contributed by atoms with Gasteiger partial charge in [0, 0.05) is 18.4 Å². The van der Waals surface area contributed by atoms with E-state index in [1.165, 1.54) is 24.3 Å². The summed E-state index contributed by atoms with van der Waals surface area (Å²) in [6.07, 6.45) is 1.11. The molecule has 2 N–H and O–H groups in total. The van der Waals surface area contributed by atoms with E-state index in [0.717, 1.165) is 25.7 Å². The second kappa shape index (κ2) is 8.37. The van der Waals surface area contributed by atoms with Gasteiger partial charge >= 0.3 is 6.36 Å². The van der Waals surface area contributed by atoms with E-state index in [0.29, 0.717) is 29.0 Å². The summed E-state index contributed by atoms with van der Waals surface area (Å²) in [5.74, 6) is 0.0408. The predicted octanol–water partition coefficient (Wildman–Crippen LogP) is 4.95. The fourth-order valence-corrected chi connectivity index (χ4v) is 2.96. The lowest BCUT2D eigenvalue weighted by Crippen LogP contribution is -2.17. The first kappa shape index (κ1) is 19.8. The number of pyridine rings is 1. The third kappa shape index (κ3) is 4.85. The van der Waals surface area contributed by atoms with Gasteiger partial charge in [-0.05, 0) is 36.8 Å². The highest BCUT2D eigenvalue weighted by atomic mass is 19.4. The topological polar surface area (TPSA) is 71.9 Å². The van der Waals surface area contributed by atoms with Gasteiger partial charge in [0.05, 0.1) is 5.52 Å². The van der Waals surface area contributed by atoms with Crippen molar-refractivity contribution in [2.75, 3.05) is 5.32 Å². The molecule has 150 valence electrons. The van der Waals surface area contributed by atoms with Gasteiger partial charge in [-0.1, -0.05) is 26.2 Å². The number of fused-ring (bicyclic) bond motifs is 1. The monoisotopic (exact) mass is 394 g/mol. The first-order valence-corrected chi connectivity index (χ1v) is 9.08. The van der Waals surface area contributed by atoms with Crippen LogP contribution in [0.4, 0.5) is 24.7 Å². The summed E-state index contributed by atoms with van der Waals surface area (Å²) in [5.41, 5.74) is 0.923. The van der Waals surface area contributed by atoms with Crippen LogP contribution in [0.5, 0.6) is 5.75 Å². The maximum Gasteiger partial charge on any atom is 0.573 e. The molecule has 0 aliphatic carbocycles. The zero-order chi connectivity index (χ0) is 20.1. The minimum atomic E-state index is -4.74. The van der Waals surface area contributed by atoms with Gasteiger partial charge in [-0.2, -0.15) is 5.10 Å². The molecule has 0 atom stereocenters. The zero-order valence-corrected chi connectivity index (χ0v) is 15.3. The molecule has 0 unspecified atom stereocenters. The Morgan fingerprint density at radius 1 is 1.14 bits per heavy atom. The lowest BCUT2D eigenvalue weighted by Gasteiger charge is -2.09. The molecule has 6 nitrogen and oxygen atoms in total. The predicted molar refractivity (Wildman–Crippen MR) is 101 cm³/mol. The number of unbranched alkanes of at least 4 members (excludes halogenated alkanes) is 3. The molecule has 3 aromatic rings. The van der Waals surface area contributed by atoms with E-state index in [2.05, 4.69) is 27.1 Å². The molecule has 2 heterocycles. The molecule has 0 bridgehead atoms. The van der Waals surface area contributed by atoms with Crippen LogP contribution in [0, 0.1) is 0 Å². The third-order valence-electron chi connectivity index (χ3n) is 4.25. The largest absolute Gasteiger partial charge is 0.573 e. The average Bonchev–Trinajstić information content (AvgIpc) is 2.98. The lowest BCUT2D eigenvalue weighted by atomic mass is 10.2. The lowest BCUT2D eigenvalue weighted by molar-refractivity contribution is -0.274. The number of aromatic nitrogens is 3. The maximum absolute atomic E-state index is 12.3. The molecule has 1 aromatic carbocycles. The smallest absolute Gasteiger partial charge is 0.406 e. The Balaban J connectivity index is 1.83. The minimum absolute atomic E-state index is 0.281. The van der Waals surface area contributed by atoms with Gasteiger partial charge in [-0.25, -0.2) is 0 Å². The number of H-pyrrole nitrogens is 1. The van der Waals surface area contributed by atoms with Crippen LogP contribution in [-0.2, 0) is 6.54 Å². The molecule has 2 aromatic heterocycles. The third-order valence-corrected chi connectivity index (χ3v) is 4.25. The van der Waals surface area contributed by atoms with Crippen molar-refractivity contribution in [1.29, 1.82) is 0 Å². The minimum Gasteiger partial charge on any atom is -0.406 e. The number of alkyl halides is 3. The summed E-state index contributed by atoms with van der Waals surface area (Å²) in [7, 11) is 0. The van der Waals surface area contributed by atoms with E-state index in [-0.39, 0.29) is 11.3 Å². The number of benzene rings is 1. The first-order valence-electron chi connectivity index (χ1n) is 9.08. The fraction of sp³-hybridized carbons (Fsp3) is 0.368. The molecular weight excluding hydrogens is 373 g/mol. The van der Waals surface area contributed by atoms with Gasteiger partial charge in [0.2, 0.25) is 0 Å². The summed E-state index contributed by atoms with van der Waals surface area (Å²) in [5, 5.41) is 7.92. The van der Waals surface area contributed by atoms with Crippen LogP contribution in [0.15, 0.2) is 41.3 Å². The summed E-state index contributed by atoms with van der Waals surface area (Å²) in [6.45, 7) is 2.82. The number of hydrogen-bond acceptors (Lipinski definition) is 4. The molecule has 9 heteroatoms. The Kier molecular flexibility index (Phi) is 5.91. The average molecular weight is 394 g/mol. The highest BCUT2D eigenvalue weighted by Crippen LogP contribution is 2.27. The van der Waals surface area contributed by atoms with E-state index < -0.39 is 6.36 Å². The molecule has 28 heavy (non-hydrogen) atoms. The normalized spacial score (nSPS) is 11.7. The molecule has 0 saturated carbocycles. The van der Waals surface area contributed by atoms with Gasteiger partial charge in [-0.15, -0.1) is 13.2 Å². The van der Waals surface area contributed by atoms with Crippen molar-refractivity contribution in [3.63, 3.8) is 0 Å². The van der Waals surface area contributed by atoms with Gasteiger partial charge < -0.3 is 15.0 Å². The van der Waals surface area contributed by atoms with Crippen LogP contribution < -0.4 is 15.6 Å². The second-order valence-electron chi connectivity index (χ2n) is 6.40. The molecule has 0 aliphatic rings. The van der Waals surface area contributed by atoms with Crippen molar-refractivity contribution >= 4 is 22.4 Å². The number of aryl methyl sites for hydroxylation is 1. The van der Waals surface area contributed by atoms with Crippen LogP contribution in [-0.4, -0.2) is 21.1 Å². The standard InChI is InChI=1S/C19H21F3N4O2/c1-2-3-4-5-12-26-15-10-11-23-18(27)16(15)17(25-26)24-13-6-8-14(9-7-13)28-19(20,21)22/h6-11H,2-5,12H2,1H3,(H,23,27)(H,24,25). The number of halogens is 3. The Morgan fingerprint density at radius 3 is 2.57 bits per heavy atom. The van der Waals surface area contributed by atoms with E-state index >= 15 is 0 Å². The second-order valence-corrected chi connectivity index (χ2v) is 6.40. The first-order chi connectivity index (χ1) is 13.4. The van der Waals surface area contributed by atoms with Gasteiger partial charge in [0.25, 0.3) is 5.56 Å². The van der Waals surface area contributed by atoms with Crippen molar-refractivity contribution in [2.45, 2.75) is 45.5 Å². The zero-order valence-electron chi connectivity index (χ0n) is 15.3. The van der Waals surface area contributed by atoms with Crippen molar-refractivity contribution < 1.29 is 17.9 Å². The molecule has 3 rings (SSSR count). The van der Waals surface area contributed by atoms with E-state index in [9.17, 15) is 18.0 Å². The molecule has 0 fully saturated rings. The molecule has 0 radical (unpaired) electrons. The highest BCUT2D eigenvalue weighted by molar-refractivity contribution is 5.91. The van der Waals surface area contributed by atoms with Crippen molar-refractivity contribution in [3.05, 3.63) is 46.9 Å². The van der Waals surface area contributed by atoms with Crippen LogP contribution >= 0.6 is 0 Å². The van der Waals surface area contributed by atoms with Crippen molar-refractivity contribution in [3.8, 4) is 5.75 Å². The molecule has 0 saturated heterocycles. The highest BCUT2D eigenvalue weighted by Gasteiger charge is 2.31. The number of hydrogen-bond donors (Lipinski definition) is 2. The van der Waals surface area contributed by atoms with E-state index in [4.69, 9.17) is 0 Å². The summed E-state index contributed by atoms with van der Waals surface area (Å²) < 4.78 is 42.5. The van der Waals surface area contributed by atoms with Crippen molar-refractivity contribution in [2.24, 2.45) is 0 Å². The van der Waals surface area contributed by atoms with Gasteiger partial charge in [0.15, 0.2) is 5.82 Å². The van der Waals surface area contributed by atoms with Crippen LogP contribution in [0.3, 0.4) is 0 Å². The maximum atomic E-state index is 12.3. The van der Waals surface area contributed by atoms with Crippen LogP contribution in [0.2, 0.25) is 0 Å². The molecule has 0 aliphatic heterocycles. The number of aromatic amines is 1. The van der Waals surface area contributed by atoms with Crippen LogP contribution in [0.1, 0.15) is 32.6 Å². The Bertz CT molecular complexity index is 977. The van der Waals surface area contributed by atoms with Gasteiger partial charge in [0.1, 0.15) is 11.1 Å². The summed E-state index contributed by atoms with van der Waals surface area (Å²) in [4.78, 5) is 14.9. The van der Waals surface area contributed by atoms with Crippen LogP contribution in [0.25, 0.3) is 10.9 Å². The molecule has 0 spiro atoms.